The quantitative estimate of drug-likeness (QED) is 0.890. The molecule has 1 amide bonds. The molecule has 2 aromatic rings. The fourth-order valence-electron chi connectivity index (χ4n) is 2.31. The number of carbonyl (C=O) groups is 1. The van der Waals surface area contributed by atoms with Gasteiger partial charge in [0.15, 0.2) is 0 Å². The molecule has 8 heteroatoms. The Hall–Kier alpha value is -2.90. The highest BCUT2D eigenvalue weighted by atomic mass is 19.4. The number of cyclic esters (lactones) is 1. The summed E-state index contributed by atoms with van der Waals surface area (Å²) < 4.78 is 50.6. The summed E-state index contributed by atoms with van der Waals surface area (Å²) in [7, 11) is 0. The van der Waals surface area contributed by atoms with Crippen LogP contribution in [0.5, 0.6) is 11.5 Å². The summed E-state index contributed by atoms with van der Waals surface area (Å²) in [6.45, 7) is 0.553. The van der Waals surface area contributed by atoms with Crippen LogP contribution in [0, 0.1) is 0 Å². The van der Waals surface area contributed by atoms with Crippen LogP contribution in [0.25, 0.3) is 11.1 Å². The second-order valence-electron chi connectivity index (χ2n) is 5.35. The van der Waals surface area contributed by atoms with Crippen LogP contribution in [-0.4, -0.2) is 31.7 Å². The first kappa shape index (κ1) is 16.9. The van der Waals surface area contributed by atoms with E-state index in [0.29, 0.717) is 5.75 Å². The molecule has 0 unspecified atom stereocenters. The molecule has 25 heavy (non-hydrogen) atoms. The average Bonchev–Trinajstić information content (AvgIpc) is 2.98. The highest BCUT2D eigenvalue weighted by molar-refractivity contribution is 5.69. The Bertz CT molecular complexity index is 729. The predicted molar refractivity (Wildman–Crippen MR) is 82.3 cm³/mol. The molecule has 5 nitrogen and oxygen atoms in total. The fourth-order valence-corrected chi connectivity index (χ4v) is 2.31. The van der Waals surface area contributed by atoms with Crippen LogP contribution in [-0.2, 0) is 4.74 Å². The van der Waals surface area contributed by atoms with Crippen LogP contribution in [0.3, 0.4) is 0 Å². The molecule has 1 aliphatic heterocycles. The Morgan fingerprint density at radius 3 is 2.04 bits per heavy atom. The van der Waals surface area contributed by atoms with Crippen LogP contribution in [0.4, 0.5) is 18.0 Å². The predicted octanol–water partition coefficient (Wildman–Crippen LogP) is 3.74. The van der Waals surface area contributed by atoms with E-state index in [4.69, 9.17) is 9.47 Å². The summed E-state index contributed by atoms with van der Waals surface area (Å²) in [5.41, 5.74) is 1.57. The molecule has 1 fully saturated rings. The van der Waals surface area contributed by atoms with Gasteiger partial charge in [-0.05, 0) is 35.4 Å². The number of alkyl halides is 3. The van der Waals surface area contributed by atoms with Gasteiger partial charge in [0.1, 0.15) is 30.8 Å². The van der Waals surface area contributed by atoms with Crippen molar-refractivity contribution in [3.05, 3.63) is 48.5 Å². The van der Waals surface area contributed by atoms with Crippen molar-refractivity contribution in [2.75, 3.05) is 13.2 Å². The number of halogens is 3. The van der Waals surface area contributed by atoms with Crippen LogP contribution in [0.1, 0.15) is 0 Å². The van der Waals surface area contributed by atoms with Crippen molar-refractivity contribution < 1.29 is 32.2 Å². The van der Waals surface area contributed by atoms with Crippen molar-refractivity contribution in [1.29, 1.82) is 0 Å². The number of hydrogen-bond donors (Lipinski definition) is 1. The molecule has 1 aliphatic rings. The van der Waals surface area contributed by atoms with E-state index in [1.54, 1.807) is 36.4 Å². The van der Waals surface area contributed by atoms with Gasteiger partial charge in [0, 0.05) is 0 Å². The van der Waals surface area contributed by atoms with Crippen LogP contribution >= 0.6 is 0 Å². The molecular formula is C17H14F3NO4. The Morgan fingerprint density at radius 1 is 1.00 bits per heavy atom. The standard InChI is InChI=1S/C17H14F3NO4/c18-17(19,20)25-15-7-3-12(4-8-15)11-1-5-14(6-2-11)23-9-13-10-24-16(22)21-13/h1-8,13H,9-10H2,(H,21,22)/t13-/m1/s1. The lowest BCUT2D eigenvalue weighted by Crippen LogP contribution is -2.32. The minimum Gasteiger partial charge on any atom is -0.491 e. The average molecular weight is 353 g/mol. The van der Waals surface area contributed by atoms with Crippen LogP contribution in [0.2, 0.25) is 0 Å². The van der Waals surface area contributed by atoms with Gasteiger partial charge in [-0.2, -0.15) is 0 Å². The Morgan fingerprint density at radius 2 is 1.56 bits per heavy atom. The summed E-state index contributed by atoms with van der Waals surface area (Å²) in [5.74, 6) is 0.346. The summed E-state index contributed by atoms with van der Waals surface area (Å²) in [4.78, 5) is 10.9. The van der Waals surface area contributed by atoms with Crippen LogP contribution < -0.4 is 14.8 Å². The fraction of sp³-hybridized carbons (Fsp3) is 0.235. The molecule has 0 bridgehead atoms. The highest BCUT2D eigenvalue weighted by Gasteiger charge is 2.31. The third-order valence-corrected chi connectivity index (χ3v) is 3.46. The minimum atomic E-state index is -4.70. The molecule has 1 saturated heterocycles. The molecule has 0 radical (unpaired) electrons. The van der Waals surface area contributed by atoms with Gasteiger partial charge in [0.25, 0.3) is 0 Å². The smallest absolute Gasteiger partial charge is 0.491 e. The maximum atomic E-state index is 12.1. The number of amides is 1. The van der Waals surface area contributed by atoms with Crippen molar-refractivity contribution in [2.24, 2.45) is 0 Å². The van der Waals surface area contributed by atoms with E-state index in [1.807, 2.05) is 0 Å². The summed E-state index contributed by atoms with van der Waals surface area (Å²) in [5, 5.41) is 2.60. The summed E-state index contributed by atoms with van der Waals surface area (Å²) in [6, 6.07) is 12.5. The topological polar surface area (TPSA) is 56.8 Å². The van der Waals surface area contributed by atoms with Gasteiger partial charge in [0.2, 0.25) is 0 Å². The van der Waals surface area contributed by atoms with Gasteiger partial charge in [0.05, 0.1) is 0 Å². The second-order valence-corrected chi connectivity index (χ2v) is 5.35. The molecule has 132 valence electrons. The summed E-state index contributed by atoms with van der Waals surface area (Å²) in [6.07, 6.45) is -5.16. The van der Waals surface area contributed by atoms with E-state index >= 15 is 0 Å². The molecule has 3 rings (SSSR count). The van der Waals surface area contributed by atoms with E-state index in [1.165, 1.54) is 12.1 Å². The van der Waals surface area contributed by atoms with E-state index < -0.39 is 12.5 Å². The van der Waals surface area contributed by atoms with Crippen molar-refractivity contribution >= 4 is 6.09 Å². The van der Waals surface area contributed by atoms with E-state index in [9.17, 15) is 18.0 Å². The van der Waals surface area contributed by atoms with E-state index in [2.05, 4.69) is 10.1 Å². The third-order valence-electron chi connectivity index (χ3n) is 3.46. The van der Waals surface area contributed by atoms with Crippen molar-refractivity contribution in [3.8, 4) is 22.6 Å². The first-order chi connectivity index (χ1) is 11.9. The Kier molecular flexibility index (Phi) is 4.69. The Balaban J connectivity index is 1.59. The molecular weight excluding hydrogens is 339 g/mol. The molecule has 1 heterocycles. The molecule has 0 spiro atoms. The molecule has 0 aromatic heterocycles. The van der Waals surface area contributed by atoms with Crippen molar-refractivity contribution in [2.45, 2.75) is 12.4 Å². The second kappa shape index (κ2) is 6.92. The lowest BCUT2D eigenvalue weighted by molar-refractivity contribution is -0.274. The van der Waals surface area contributed by atoms with E-state index in [0.717, 1.165) is 11.1 Å². The molecule has 1 N–H and O–H groups in total. The van der Waals surface area contributed by atoms with Gasteiger partial charge in [-0.25, -0.2) is 4.79 Å². The monoisotopic (exact) mass is 353 g/mol. The van der Waals surface area contributed by atoms with Crippen molar-refractivity contribution in [3.63, 3.8) is 0 Å². The van der Waals surface area contributed by atoms with Crippen molar-refractivity contribution in [1.82, 2.24) is 5.32 Å². The lowest BCUT2D eigenvalue weighted by Gasteiger charge is -2.11. The van der Waals surface area contributed by atoms with E-state index in [-0.39, 0.29) is 25.0 Å². The highest BCUT2D eigenvalue weighted by Crippen LogP contribution is 2.27. The van der Waals surface area contributed by atoms with Gasteiger partial charge >= 0.3 is 12.5 Å². The Labute approximate surface area is 141 Å². The molecule has 2 aromatic carbocycles. The van der Waals surface area contributed by atoms with Gasteiger partial charge < -0.3 is 19.5 Å². The zero-order valence-corrected chi connectivity index (χ0v) is 12.9. The largest absolute Gasteiger partial charge is 0.573 e. The number of rotatable bonds is 5. The number of nitrogens with one attached hydrogen (secondary N) is 1. The normalized spacial score (nSPS) is 16.9. The first-order valence-corrected chi connectivity index (χ1v) is 7.41. The third kappa shape index (κ3) is 4.79. The zero-order chi connectivity index (χ0) is 17.9. The number of benzene rings is 2. The van der Waals surface area contributed by atoms with Crippen LogP contribution in [0.15, 0.2) is 48.5 Å². The first-order valence-electron chi connectivity index (χ1n) is 7.41. The number of ether oxygens (including phenoxy) is 3. The van der Waals surface area contributed by atoms with Gasteiger partial charge in [-0.1, -0.05) is 24.3 Å². The molecule has 0 saturated carbocycles. The van der Waals surface area contributed by atoms with Gasteiger partial charge in [-0.15, -0.1) is 13.2 Å². The maximum Gasteiger partial charge on any atom is 0.573 e. The SMILES string of the molecule is O=C1N[C@H](COc2ccc(-c3ccc(OC(F)(F)F)cc3)cc2)CO1. The molecule has 1 atom stereocenters. The number of hydrogen-bond acceptors (Lipinski definition) is 4. The number of alkyl carbamates (subject to hydrolysis) is 1. The number of carbonyl (C=O) groups excluding carboxylic acids is 1. The minimum absolute atomic E-state index is 0.187. The molecule has 0 aliphatic carbocycles. The van der Waals surface area contributed by atoms with Gasteiger partial charge in [-0.3, -0.25) is 0 Å². The maximum absolute atomic E-state index is 12.1. The zero-order valence-electron chi connectivity index (χ0n) is 12.9. The summed E-state index contributed by atoms with van der Waals surface area (Å²) >= 11 is 0. The lowest BCUT2D eigenvalue weighted by atomic mass is 10.1.